The van der Waals surface area contributed by atoms with Gasteiger partial charge in [-0.25, -0.2) is 0 Å². The maximum atomic E-state index is 6.39. The molecule has 0 aliphatic carbocycles. The Morgan fingerprint density at radius 1 is 1.50 bits per heavy atom. The molecule has 0 aromatic heterocycles. The molecule has 3 unspecified atom stereocenters. The van der Waals surface area contributed by atoms with Gasteiger partial charge in [0.2, 0.25) is 0 Å². The van der Waals surface area contributed by atoms with Crippen LogP contribution in [0, 0.1) is 0 Å². The van der Waals surface area contributed by atoms with E-state index in [1.165, 1.54) is 5.56 Å². The maximum Gasteiger partial charge on any atom is 0.119 e. The Hall–Kier alpha value is -1.10. The molecule has 1 heterocycles. The van der Waals surface area contributed by atoms with Gasteiger partial charge in [-0.2, -0.15) is 0 Å². The van der Waals surface area contributed by atoms with Gasteiger partial charge < -0.3 is 15.2 Å². The Morgan fingerprint density at radius 3 is 2.90 bits per heavy atom. The molecule has 4 nitrogen and oxygen atoms in total. The van der Waals surface area contributed by atoms with Crippen LogP contribution in [-0.4, -0.2) is 44.4 Å². The number of benzene rings is 1. The summed E-state index contributed by atoms with van der Waals surface area (Å²) < 4.78 is 10.9. The highest BCUT2D eigenvalue weighted by molar-refractivity contribution is 5.31. The molecule has 0 spiro atoms. The molecule has 1 saturated heterocycles. The van der Waals surface area contributed by atoms with Crippen LogP contribution in [0.5, 0.6) is 5.75 Å². The quantitative estimate of drug-likeness (QED) is 0.866. The van der Waals surface area contributed by atoms with E-state index in [1.807, 2.05) is 12.1 Å². The lowest BCUT2D eigenvalue weighted by Gasteiger charge is -2.36. The molecule has 2 N–H and O–H groups in total. The molecule has 1 aromatic carbocycles. The van der Waals surface area contributed by atoms with Gasteiger partial charge >= 0.3 is 0 Å². The Morgan fingerprint density at radius 2 is 2.30 bits per heavy atom. The van der Waals surface area contributed by atoms with E-state index in [0.717, 1.165) is 31.8 Å². The minimum atomic E-state index is 0.104. The van der Waals surface area contributed by atoms with Gasteiger partial charge in [-0.1, -0.05) is 19.1 Å². The van der Waals surface area contributed by atoms with Crippen molar-refractivity contribution in [3.63, 3.8) is 0 Å². The van der Waals surface area contributed by atoms with E-state index in [0.29, 0.717) is 6.04 Å². The molecule has 0 bridgehead atoms. The van der Waals surface area contributed by atoms with Crippen LogP contribution < -0.4 is 10.5 Å². The van der Waals surface area contributed by atoms with Crippen LogP contribution >= 0.6 is 0 Å². The summed E-state index contributed by atoms with van der Waals surface area (Å²) in [5.74, 6) is 0.881. The van der Waals surface area contributed by atoms with E-state index >= 15 is 0 Å². The lowest BCUT2D eigenvalue weighted by molar-refractivity contribution is 0.119. The smallest absolute Gasteiger partial charge is 0.119 e. The highest BCUT2D eigenvalue weighted by Crippen LogP contribution is 2.30. The summed E-state index contributed by atoms with van der Waals surface area (Å²) in [6, 6.07) is 8.97. The third-order valence-corrected chi connectivity index (χ3v) is 4.23. The molecule has 2 rings (SSSR count). The molecule has 1 aliphatic rings. The van der Waals surface area contributed by atoms with Crippen molar-refractivity contribution in [2.24, 2.45) is 5.73 Å². The van der Waals surface area contributed by atoms with Crippen LogP contribution in [0.15, 0.2) is 24.3 Å². The minimum Gasteiger partial charge on any atom is -0.497 e. The second-order valence-corrected chi connectivity index (χ2v) is 5.48. The summed E-state index contributed by atoms with van der Waals surface area (Å²) in [6.45, 7) is 3.78. The first kappa shape index (κ1) is 15.3. The summed E-state index contributed by atoms with van der Waals surface area (Å²) in [5.41, 5.74) is 7.60. The van der Waals surface area contributed by atoms with E-state index in [-0.39, 0.29) is 12.1 Å². The Bertz CT molecular complexity index is 419. The number of ether oxygens (including phenoxy) is 2. The zero-order valence-electron chi connectivity index (χ0n) is 12.7. The molecular weight excluding hydrogens is 252 g/mol. The number of likely N-dealkylation sites (N-methyl/N-ethyl adjacent to an activating group) is 1. The summed E-state index contributed by atoms with van der Waals surface area (Å²) in [6.07, 6.45) is 2.02. The van der Waals surface area contributed by atoms with Gasteiger partial charge in [0.15, 0.2) is 0 Å². The van der Waals surface area contributed by atoms with Crippen molar-refractivity contribution in [2.75, 3.05) is 27.4 Å². The van der Waals surface area contributed by atoms with Crippen molar-refractivity contribution in [1.29, 1.82) is 0 Å². The number of rotatable bonds is 6. The van der Waals surface area contributed by atoms with E-state index < -0.39 is 0 Å². The predicted octanol–water partition coefficient (Wildman–Crippen LogP) is 2.19. The molecule has 0 radical (unpaired) electrons. The van der Waals surface area contributed by atoms with Crippen molar-refractivity contribution >= 4 is 0 Å². The van der Waals surface area contributed by atoms with Crippen LogP contribution in [0.25, 0.3) is 0 Å². The van der Waals surface area contributed by atoms with E-state index in [4.69, 9.17) is 15.2 Å². The molecule has 20 heavy (non-hydrogen) atoms. The molecule has 112 valence electrons. The van der Waals surface area contributed by atoms with Crippen LogP contribution in [0.4, 0.5) is 0 Å². The Balaban J connectivity index is 2.25. The van der Waals surface area contributed by atoms with Crippen LogP contribution in [-0.2, 0) is 4.74 Å². The van der Waals surface area contributed by atoms with Gasteiger partial charge in [-0.05, 0) is 37.6 Å². The number of nitrogens with zero attached hydrogens (tertiary/aromatic N) is 1. The third kappa shape index (κ3) is 3.32. The topological polar surface area (TPSA) is 47.7 Å². The van der Waals surface area contributed by atoms with E-state index in [9.17, 15) is 0 Å². The lowest BCUT2D eigenvalue weighted by atomic mass is 9.95. The zero-order chi connectivity index (χ0) is 14.5. The summed E-state index contributed by atoms with van der Waals surface area (Å²) >= 11 is 0. The summed E-state index contributed by atoms with van der Waals surface area (Å²) in [7, 11) is 3.85. The fourth-order valence-corrected chi connectivity index (χ4v) is 2.90. The predicted molar refractivity (Wildman–Crippen MR) is 81.0 cm³/mol. The fraction of sp³-hybridized carbons (Fsp3) is 0.625. The SMILES string of the molecule is CCC(N)C(c1cccc(OC)c1)N(C)C1CCOC1. The molecule has 3 atom stereocenters. The van der Waals surface area contributed by atoms with Crippen molar-refractivity contribution < 1.29 is 9.47 Å². The molecule has 0 saturated carbocycles. The minimum absolute atomic E-state index is 0.104. The zero-order valence-corrected chi connectivity index (χ0v) is 12.7. The first-order valence-electron chi connectivity index (χ1n) is 7.36. The van der Waals surface area contributed by atoms with E-state index in [1.54, 1.807) is 7.11 Å². The second-order valence-electron chi connectivity index (χ2n) is 5.48. The van der Waals surface area contributed by atoms with E-state index in [2.05, 4.69) is 31.0 Å². The normalized spacial score (nSPS) is 21.9. The number of nitrogens with two attached hydrogens (primary N) is 1. The largest absolute Gasteiger partial charge is 0.497 e. The summed E-state index contributed by atoms with van der Waals surface area (Å²) in [5, 5.41) is 0. The fourth-order valence-electron chi connectivity index (χ4n) is 2.90. The maximum absolute atomic E-state index is 6.39. The van der Waals surface area contributed by atoms with Gasteiger partial charge in [0.1, 0.15) is 5.75 Å². The van der Waals surface area contributed by atoms with Crippen LogP contribution in [0.3, 0.4) is 0 Å². The van der Waals surface area contributed by atoms with Crippen molar-refractivity contribution in [2.45, 2.75) is 37.9 Å². The second kappa shape index (κ2) is 7.07. The highest BCUT2D eigenvalue weighted by atomic mass is 16.5. The summed E-state index contributed by atoms with van der Waals surface area (Å²) in [4.78, 5) is 2.37. The average Bonchev–Trinajstić information content (AvgIpc) is 3.01. The Kier molecular flexibility index (Phi) is 5.40. The van der Waals surface area contributed by atoms with Gasteiger partial charge in [-0.3, -0.25) is 4.90 Å². The highest BCUT2D eigenvalue weighted by Gasteiger charge is 2.30. The Labute approximate surface area is 121 Å². The third-order valence-electron chi connectivity index (χ3n) is 4.23. The van der Waals surface area contributed by atoms with Gasteiger partial charge in [0, 0.05) is 18.7 Å². The van der Waals surface area contributed by atoms with Gasteiger partial charge in [0.05, 0.1) is 19.8 Å². The number of methoxy groups -OCH3 is 1. The number of hydrogen-bond acceptors (Lipinski definition) is 4. The molecule has 1 fully saturated rings. The average molecular weight is 278 g/mol. The van der Waals surface area contributed by atoms with Crippen LogP contribution in [0.2, 0.25) is 0 Å². The standard InChI is InChI=1S/C16H26N2O2/c1-4-15(17)16(18(2)13-8-9-20-11-13)12-6-5-7-14(10-12)19-3/h5-7,10,13,15-16H,4,8-9,11,17H2,1-3H3. The molecule has 0 amide bonds. The lowest BCUT2D eigenvalue weighted by Crippen LogP contribution is -2.44. The first-order valence-corrected chi connectivity index (χ1v) is 7.36. The molecule has 4 heteroatoms. The molecule has 1 aromatic rings. The van der Waals surface area contributed by atoms with Gasteiger partial charge in [0.25, 0.3) is 0 Å². The van der Waals surface area contributed by atoms with Gasteiger partial charge in [-0.15, -0.1) is 0 Å². The molecule has 1 aliphatic heterocycles. The van der Waals surface area contributed by atoms with Crippen LogP contribution in [0.1, 0.15) is 31.4 Å². The number of hydrogen-bond donors (Lipinski definition) is 1. The molecular formula is C16H26N2O2. The van der Waals surface area contributed by atoms with Crippen molar-refractivity contribution in [3.05, 3.63) is 29.8 Å². The first-order chi connectivity index (χ1) is 9.67. The van der Waals surface area contributed by atoms with Crippen molar-refractivity contribution in [1.82, 2.24) is 4.90 Å². The van der Waals surface area contributed by atoms with Crippen molar-refractivity contribution in [3.8, 4) is 5.75 Å². The monoisotopic (exact) mass is 278 g/mol.